The fraction of sp³-hybridized carbons (Fsp3) is 1.00. The first-order valence-corrected chi connectivity index (χ1v) is 16.0. The zero-order valence-corrected chi connectivity index (χ0v) is 24.0. The van der Waals surface area contributed by atoms with Gasteiger partial charge in [0, 0.05) is 13.0 Å². The monoisotopic (exact) mass is 520 g/mol. The maximum absolute atomic E-state index is 12.9. The van der Waals surface area contributed by atoms with E-state index in [0.29, 0.717) is 11.1 Å². The van der Waals surface area contributed by atoms with Crippen LogP contribution in [0.3, 0.4) is 0 Å². The van der Waals surface area contributed by atoms with Crippen LogP contribution in [0.25, 0.3) is 0 Å². The quantitative estimate of drug-likeness (QED) is 0.106. The number of piperidine rings is 1. The third-order valence-electron chi connectivity index (χ3n) is 7.62. The molecule has 0 aliphatic carbocycles. The van der Waals surface area contributed by atoms with E-state index in [-0.39, 0.29) is 25.0 Å². The second-order valence-electron chi connectivity index (χ2n) is 11.3. The number of hydrogen-bond acceptors (Lipinski definition) is 6. The van der Waals surface area contributed by atoms with E-state index in [0.717, 1.165) is 32.2 Å². The van der Waals surface area contributed by atoms with Crippen LogP contribution in [0.15, 0.2) is 0 Å². The molecule has 35 heavy (non-hydrogen) atoms. The molecule has 2 rings (SSSR count). The lowest BCUT2D eigenvalue weighted by Crippen LogP contribution is -2.58. The smallest absolute Gasteiger partial charge is 0.388 e. The van der Waals surface area contributed by atoms with Gasteiger partial charge in [0.25, 0.3) is 0 Å². The van der Waals surface area contributed by atoms with E-state index < -0.39 is 13.9 Å². The Hall–Kier alpha value is -0.0100. The van der Waals surface area contributed by atoms with Crippen LogP contribution in [0, 0.1) is 0 Å². The van der Waals surface area contributed by atoms with E-state index in [2.05, 4.69) is 21.0 Å². The van der Waals surface area contributed by atoms with E-state index in [1.807, 2.05) is 6.92 Å². The number of unbranched alkanes of at least 4 members (excludes halogenated alkanes) is 13. The van der Waals surface area contributed by atoms with Crippen molar-refractivity contribution in [3.05, 3.63) is 0 Å². The summed E-state index contributed by atoms with van der Waals surface area (Å²) in [7, 11) is 0.478. The number of hydrogen-bond donors (Lipinski definition) is 1. The summed E-state index contributed by atoms with van der Waals surface area (Å²) in [5.74, 6) is 0. The van der Waals surface area contributed by atoms with Crippen molar-refractivity contribution in [1.82, 2.24) is 0 Å². The number of quaternary nitrogens is 1. The van der Waals surface area contributed by atoms with E-state index in [4.69, 9.17) is 18.3 Å². The van der Waals surface area contributed by atoms with Crippen LogP contribution in [0.1, 0.15) is 117 Å². The molecule has 2 heterocycles. The van der Waals surface area contributed by atoms with Crippen molar-refractivity contribution >= 4 is 7.82 Å². The highest BCUT2D eigenvalue weighted by Gasteiger charge is 2.50. The highest BCUT2D eigenvalue weighted by atomic mass is 31.2. The van der Waals surface area contributed by atoms with Crippen LogP contribution in [0.5, 0.6) is 0 Å². The molecule has 0 radical (unpaired) electrons. The molecule has 2 saturated heterocycles. The van der Waals surface area contributed by atoms with Crippen LogP contribution in [0.2, 0.25) is 0 Å². The number of likely N-dealkylation sites (tertiary alicyclic amines) is 1. The molecular formula is C27H55NO6P+. The minimum absolute atomic E-state index is 0.100. The predicted octanol–water partition coefficient (Wildman–Crippen LogP) is 6.97. The summed E-state index contributed by atoms with van der Waals surface area (Å²) < 4.78 is 36.2. The molecule has 5 atom stereocenters. The normalized spacial score (nSPS) is 27.6. The zero-order chi connectivity index (χ0) is 25.6. The summed E-state index contributed by atoms with van der Waals surface area (Å²) in [5.41, 5.74) is 0. The van der Waals surface area contributed by atoms with Crippen LogP contribution in [-0.2, 0) is 22.9 Å². The van der Waals surface area contributed by atoms with Crippen molar-refractivity contribution in [2.24, 2.45) is 0 Å². The van der Waals surface area contributed by atoms with Crippen LogP contribution in [-0.4, -0.2) is 68.0 Å². The fourth-order valence-electron chi connectivity index (χ4n) is 4.91. The molecule has 7 nitrogen and oxygen atoms in total. The number of aliphatic hydroxyl groups is 1. The summed E-state index contributed by atoms with van der Waals surface area (Å²) in [5, 5.41) is 10.4. The Labute approximate surface area is 215 Å². The van der Waals surface area contributed by atoms with E-state index in [1.54, 1.807) is 0 Å². The SMILES string of the molecule is CCCCCCCCCCCCCCCCOC(C)C(O)COP1(=O)OC2CC[N+](C)(C)C(C2)O1. The molecule has 0 amide bonds. The van der Waals surface area contributed by atoms with Gasteiger partial charge in [-0.1, -0.05) is 90.4 Å². The molecule has 2 aliphatic heterocycles. The van der Waals surface area contributed by atoms with Crippen molar-refractivity contribution in [2.75, 3.05) is 33.9 Å². The van der Waals surface area contributed by atoms with Gasteiger partial charge in [-0.25, -0.2) is 9.09 Å². The molecule has 0 aromatic rings. The van der Waals surface area contributed by atoms with Crippen LogP contribution < -0.4 is 0 Å². The summed E-state index contributed by atoms with van der Waals surface area (Å²) in [6, 6.07) is 0. The van der Waals surface area contributed by atoms with Crippen molar-refractivity contribution in [3.8, 4) is 0 Å². The van der Waals surface area contributed by atoms with Gasteiger partial charge in [0.2, 0.25) is 6.23 Å². The third-order valence-corrected chi connectivity index (χ3v) is 9.15. The number of rotatable bonds is 20. The van der Waals surface area contributed by atoms with Crippen molar-refractivity contribution in [3.63, 3.8) is 0 Å². The summed E-state index contributed by atoms with van der Waals surface area (Å²) in [6.07, 6.45) is 18.6. The zero-order valence-electron chi connectivity index (χ0n) is 23.1. The maximum Gasteiger partial charge on any atom is 0.479 e. The highest BCUT2D eigenvalue weighted by molar-refractivity contribution is 7.48. The Morgan fingerprint density at radius 2 is 1.46 bits per heavy atom. The topological polar surface area (TPSA) is 74.2 Å². The Morgan fingerprint density at radius 1 is 0.914 bits per heavy atom. The summed E-state index contributed by atoms with van der Waals surface area (Å²) >= 11 is 0. The molecule has 8 heteroatoms. The van der Waals surface area contributed by atoms with Crippen LogP contribution >= 0.6 is 7.82 Å². The average Bonchev–Trinajstić information content (AvgIpc) is 2.82. The molecule has 0 spiro atoms. The lowest BCUT2D eigenvalue weighted by atomic mass is 10.0. The molecule has 0 aromatic heterocycles. The molecule has 0 aromatic carbocycles. The first kappa shape index (κ1) is 31.2. The molecule has 208 valence electrons. The molecule has 2 fully saturated rings. The van der Waals surface area contributed by atoms with Gasteiger partial charge in [-0.2, -0.15) is 0 Å². The van der Waals surface area contributed by atoms with Gasteiger partial charge in [0.15, 0.2) is 0 Å². The molecular weight excluding hydrogens is 465 g/mol. The minimum Gasteiger partial charge on any atom is -0.388 e. The first-order chi connectivity index (χ1) is 16.8. The molecule has 0 saturated carbocycles. The van der Waals surface area contributed by atoms with Gasteiger partial charge in [-0.05, 0) is 13.3 Å². The number of ether oxygens (including phenoxy) is 1. The average molecular weight is 521 g/mol. The van der Waals surface area contributed by atoms with Gasteiger partial charge in [0.1, 0.15) is 6.10 Å². The second kappa shape index (κ2) is 16.8. The summed E-state index contributed by atoms with van der Waals surface area (Å²) in [4.78, 5) is 0. The second-order valence-corrected chi connectivity index (χ2v) is 12.9. The molecule has 5 unspecified atom stereocenters. The standard InChI is InChI=1S/C27H55NO6P/c1-5-6-7-8-9-10-11-12-13-14-15-16-17-18-21-31-24(2)26(29)23-32-35(30)33-25-19-20-28(3,4)27(22-25)34-35/h24-27,29H,5-23H2,1-4H3/q+1. The Bertz CT molecular complexity index is 604. The highest BCUT2D eigenvalue weighted by Crippen LogP contribution is 2.58. The molecule has 2 bridgehead atoms. The number of nitrogens with zero attached hydrogens (tertiary/aromatic N) is 1. The van der Waals surface area contributed by atoms with Gasteiger partial charge in [-0.3, -0.25) is 9.05 Å². The van der Waals surface area contributed by atoms with E-state index in [9.17, 15) is 9.67 Å². The Morgan fingerprint density at radius 3 is 2.03 bits per heavy atom. The van der Waals surface area contributed by atoms with Crippen molar-refractivity contribution < 1.29 is 32.5 Å². The number of phosphoric ester groups is 1. The number of aliphatic hydroxyl groups excluding tert-OH is 1. The molecule has 1 N–H and O–H groups in total. The third kappa shape index (κ3) is 12.4. The lowest BCUT2D eigenvalue weighted by Gasteiger charge is -2.47. The van der Waals surface area contributed by atoms with Gasteiger partial charge in [0.05, 0.1) is 45.9 Å². The Kier molecular flexibility index (Phi) is 14.9. The van der Waals surface area contributed by atoms with Gasteiger partial charge >= 0.3 is 7.82 Å². The van der Waals surface area contributed by atoms with Crippen molar-refractivity contribution in [2.45, 2.75) is 141 Å². The first-order valence-electron chi connectivity index (χ1n) is 14.5. The predicted molar refractivity (Wildman–Crippen MR) is 141 cm³/mol. The van der Waals surface area contributed by atoms with Crippen molar-refractivity contribution in [1.29, 1.82) is 0 Å². The lowest BCUT2D eigenvalue weighted by molar-refractivity contribution is -0.941. The van der Waals surface area contributed by atoms with Crippen LogP contribution in [0.4, 0.5) is 0 Å². The van der Waals surface area contributed by atoms with E-state index in [1.165, 1.54) is 77.0 Å². The minimum atomic E-state index is -3.66. The molecule has 2 aliphatic rings. The van der Waals surface area contributed by atoms with E-state index >= 15 is 0 Å². The maximum atomic E-state index is 12.9. The van der Waals surface area contributed by atoms with Gasteiger partial charge < -0.3 is 14.3 Å². The fourth-order valence-corrected chi connectivity index (χ4v) is 6.62. The number of fused-ring (bicyclic) bond motifs is 2. The number of phosphoric acid groups is 1. The summed E-state index contributed by atoms with van der Waals surface area (Å²) in [6.45, 7) is 5.52. The van der Waals surface area contributed by atoms with Gasteiger partial charge in [-0.15, -0.1) is 0 Å². The largest absolute Gasteiger partial charge is 0.479 e. The Balaban J connectivity index is 1.43.